The zero-order valence-corrected chi connectivity index (χ0v) is 5.56. The van der Waals surface area contributed by atoms with Gasteiger partial charge in [-0.2, -0.15) is 0 Å². The van der Waals surface area contributed by atoms with Gasteiger partial charge in [0.15, 0.2) is 0 Å². The first-order valence-corrected chi connectivity index (χ1v) is 3.08. The summed E-state index contributed by atoms with van der Waals surface area (Å²) in [6, 6.07) is 0. The fourth-order valence-electron chi connectivity index (χ4n) is 1.05. The molecule has 0 saturated carbocycles. The minimum Gasteiger partial charge on any atom is -0.306 e. The van der Waals surface area contributed by atoms with E-state index in [9.17, 15) is 0 Å². The first-order chi connectivity index (χ1) is 3.39. The van der Waals surface area contributed by atoms with Gasteiger partial charge in [-0.05, 0) is 33.0 Å². The maximum atomic E-state index is 2.39. The van der Waals surface area contributed by atoms with Gasteiger partial charge in [0.1, 0.15) is 0 Å². The number of likely N-dealkylation sites (tertiary alicyclic amines) is 1. The summed E-state index contributed by atoms with van der Waals surface area (Å²) in [6.45, 7) is 2.64. The Labute approximate surface area is 53.6 Å². The second-order valence-electron chi connectivity index (χ2n) is 2.36. The normalized spacial score (nSPS) is 22.1. The van der Waals surface area contributed by atoms with Gasteiger partial charge in [-0.1, -0.05) is 6.42 Å². The van der Waals surface area contributed by atoms with Gasteiger partial charge in [0.05, 0.1) is 0 Å². The van der Waals surface area contributed by atoms with E-state index < -0.39 is 0 Å². The molecule has 0 N–H and O–H groups in total. The largest absolute Gasteiger partial charge is 0.306 e. The van der Waals surface area contributed by atoms with Crippen molar-refractivity contribution in [3.63, 3.8) is 0 Å². The Morgan fingerprint density at radius 3 is 1.75 bits per heavy atom. The Balaban J connectivity index is 0.000000490. The van der Waals surface area contributed by atoms with Gasteiger partial charge in [-0.3, -0.25) is 0 Å². The van der Waals surface area contributed by atoms with Crippen molar-refractivity contribution in [3.8, 4) is 0 Å². The zero-order chi connectivity index (χ0) is 5.11. The van der Waals surface area contributed by atoms with Crippen LogP contribution in [0.5, 0.6) is 0 Å². The van der Waals surface area contributed by atoms with Crippen LogP contribution in [0.2, 0.25) is 0 Å². The van der Waals surface area contributed by atoms with Crippen molar-refractivity contribution in [2.45, 2.75) is 19.3 Å². The van der Waals surface area contributed by atoms with Gasteiger partial charge in [-0.15, -0.1) is 0 Å². The lowest BCUT2D eigenvalue weighted by atomic mass is 10.1. The highest BCUT2D eigenvalue weighted by atomic mass is 15.1. The zero-order valence-electron chi connectivity index (χ0n) is 5.56. The molecule has 0 aromatic heterocycles. The van der Waals surface area contributed by atoms with Crippen LogP contribution in [-0.2, 0) is 0 Å². The number of piperidine rings is 1. The van der Waals surface area contributed by atoms with Crippen molar-refractivity contribution < 1.29 is 0 Å². The van der Waals surface area contributed by atoms with E-state index in [1.807, 2.05) is 0 Å². The smallest absolute Gasteiger partial charge is 0 e. The number of hydrogen-bond donors (Lipinski definition) is 0. The summed E-state index contributed by atoms with van der Waals surface area (Å²) in [5.41, 5.74) is 0. The second-order valence-corrected chi connectivity index (χ2v) is 2.36. The Morgan fingerprint density at radius 2 is 1.50 bits per heavy atom. The molecule has 0 atom stereocenters. The SMILES string of the molecule is CN1CCCCC1.[B]. The van der Waals surface area contributed by atoms with Crippen LogP contribution < -0.4 is 0 Å². The maximum Gasteiger partial charge on any atom is 0 e. The van der Waals surface area contributed by atoms with Crippen LogP contribution in [0.3, 0.4) is 0 Å². The number of rotatable bonds is 0. The summed E-state index contributed by atoms with van der Waals surface area (Å²) in [7, 11) is 2.19. The van der Waals surface area contributed by atoms with E-state index in [1.54, 1.807) is 0 Å². The van der Waals surface area contributed by atoms with Gasteiger partial charge in [-0.25, -0.2) is 0 Å². The lowest BCUT2D eigenvalue weighted by molar-refractivity contribution is 0.277. The molecular weight excluding hydrogens is 96.9 g/mol. The number of nitrogens with zero attached hydrogens (tertiary/aromatic N) is 1. The van der Waals surface area contributed by atoms with E-state index in [0.29, 0.717) is 0 Å². The van der Waals surface area contributed by atoms with E-state index >= 15 is 0 Å². The van der Waals surface area contributed by atoms with Crippen molar-refractivity contribution in [1.82, 2.24) is 4.90 Å². The highest BCUT2D eigenvalue weighted by molar-refractivity contribution is 5.75. The molecule has 0 amide bonds. The molecule has 1 saturated heterocycles. The van der Waals surface area contributed by atoms with Crippen LogP contribution in [-0.4, -0.2) is 33.5 Å². The first-order valence-electron chi connectivity index (χ1n) is 3.08. The van der Waals surface area contributed by atoms with E-state index in [2.05, 4.69) is 11.9 Å². The lowest BCUT2D eigenvalue weighted by Gasteiger charge is -2.20. The van der Waals surface area contributed by atoms with Crippen LogP contribution in [0.25, 0.3) is 0 Å². The Kier molecular flexibility index (Phi) is 3.97. The predicted octanol–water partition coefficient (Wildman–Crippen LogP) is 0.721. The molecule has 1 nitrogen and oxygen atoms in total. The molecule has 1 rings (SSSR count). The van der Waals surface area contributed by atoms with E-state index in [-0.39, 0.29) is 8.41 Å². The molecule has 1 heterocycles. The van der Waals surface area contributed by atoms with Crippen molar-refractivity contribution in [2.24, 2.45) is 0 Å². The number of hydrogen-bond acceptors (Lipinski definition) is 1. The van der Waals surface area contributed by atoms with E-state index in [4.69, 9.17) is 0 Å². The first kappa shape index (κ1) is 8.02. The Morgan fingerprint density at radius 1 is 1.00 bits per heavy atom. The molecule has 0 aromatic carbocycles. The van der Waals surface area contributed by atoms with E-state index in [1.165, 1.54) is 32.4 Å². The molecule has 1 aliphatic rings. The third kappa shape index (κ3) is 2.36. The van der Waals surface area contributed by atoms with Crippen molar-refractivity contribution >= 4 is 8.41 Å². The molecular formula is C6H13BN. The van der Waals surface area contributed by atoms with Gasteiger partial charge in [0, 0.05) is 8.41 Å². The summed E-state index contributed by atoms with van der Waals surface area (Å²) in [6.07, 6.45) is 4.28. The molecule has 0 spiro atoms. The average molecular weight is 110 g/mol. The summed E-state index contributed by atoms with van der Waals surface area (Å²) >= 11 is 0. The van der Waals surface area contributed by atoms with Crippen molar-refractivity contribution in [1.29, 1.82) is 0 Å². The standard InChI is InChI=1S/C6H13N.B/c1-7-5-3-2-4-6-7;/h2-6H2,1H3;. The molecule has 1 fully saturated rings. The minimum atomic E-state index is 0. The molecule has 0 bridgehead atoms. The van der Waals surface area contributed by atoms with Crippen LogP contribution in [0.15, 0.2) is 0 Å². The Hall–Kier alpha value is 0.0249. The third-order valence-corrected chi connectivity index (χ3v) is 1.58. The third-order valence-electron chi connectivity index (χ3n) is 1.58. The molecule has 0 unspecified atom stereocenters. The maximum absolute atomic E-state index is 2.39. The summed E-state index contributed by atoms with van der Waals surface area (Å²) in [5.74, 6) is 0. The van der Waals surface area contributed by atoms with Crippen LogP contribution in [0.4, 0.5) is 0 Å². The fourth-order valence-corrected chi connectivity index (χ4v) is 1.05. The minimum absolute atomic E-state index is 0. The average Bonchev–Trinajstić information content (AvgIpc) is 1.69. The van der Waals surface area contributed by atoms with Gasteiger partial charge >= 0.3 is 0 Å². The summed E-state index contributed by atoms with van der Waals surface area (Å²) < 4.78 is 0. The quantitative estimate of drug-likeness (QED) is 0.415. The highest BCUT2D eigenvalue weighted by Crippen LogP contribution is 2.04. The predicted molar refractivity (Wildman–Crippen MR) is 37.1 cm³/mol. The van der Waals surface area contributed by atoms with E-state index in [0.717, 1.165) is 0 Å². The fraction of sp³-hybridized carbons (Fsp3) is 1.00. The van der Waals surface area contributed by atoms with Crippen molar-refractivity contribution in [2.75, 3.05) is 20.1 Å². The highest BCUT2D eigenvalue weighted by Gasteiger charge is 2.02. The molecule has 2 heteroatoms. The van der Waals surface area contributed by atoms with Crippen molar-refractivity contribution in [3.05, 3.63) is 0 Å². The lowest BCUT2D eigenvalue weighted by Crippen LogP contribution is -2.24. The summed E-state index contributed by atoms with van der Waals surface area (Å²) in [5, 5.41) is 0. The molecule has 0 aromatic rings. The van der Waals surface area contributed by atoms with Crippen LogP contribution >= 0.6 is 0 Å². The Bertz CT molecular complexity index is 50.5. The molecule has 0 aliphatic carbocycles. The second kappa shape index (κ2) is 3.96. The monoisotopic (exact) mass is 110 g/mol. The van der Waals surface area contributed by atoms with Gasteiger partial charge < -0.3 is 4.90 Å². The van der Waals surface area contributed by atoms with Crippen LogP contribution in [0, 0.1) is 0 Å². The topological polar surface area (TPSA) is 3.24 Å². The van der Waals surface area contributed by atoms with Gasteiger partial charge in [0.25, 0.3) is 0 Å². The molecule has 8 heavy (non-hydrogen) atoms. The molecule has 1 aliphatic heterocycles. The van der Waals surface area contributed by atoms with Gasteiger partial charge in [0.2, 0.25) is 0 Å². The molecule has 45 valence electrons. The molecule has 3 radical (unpaired) electrons. The summed E-state index contributed by atoms with van der Waals surface area (Å²) in [4.78, 5) is 2.39. The van der Waals surface area contributed by atoms with Crippen LogP contribution in [0.1, 0.15) is 19.3 Å².